The number of nitrogens with one attached hydrogen (secondary N) is 1. The molecule has 0 spiro atoms. The zero-order valence-corrected chi connectivity index (χ0v) is 14.8. The topological polar surface area (TPSA) is 76.4 Å². The lowest BCUT2D eigenvalue weighted by molar-refractivity contribution is -0.111. The van der Waals surface area contributed by atoms with Gasteiger partial charge in [-0.05, 0) is 24.1 Å². The van der Waals surface area contributed by atoms with Crippen molar-refractivity contribution in [2.75, 3.05) is 6.54 Å². The first-order valence-electron chi connectivity index (χ1n) is 8.16. The Balaban J connectivity index is 1.96. The van der Waals surface area contributed by atoms with Crippen molar-refractivity contribution in [1.82, 2.24) is 19.9 Å². The van der Waals surface area contributed by atoms with E-state index in [1.54, 1.807) is 30.3 Å². The molecule has 0 saturated carbocycles. The van der Waals surface area contributed by atoms with Crippen molar-refractivity contribution in [3.8, 4) is 11.3 Å². The van der Waals surface area contributed by atoms with Gasteiger partial charge in [-0.25, -0.2) is 18.3 Å². The number of aromatic nitrogens is 3. The summed E-state index contributed by atoms with van der Waals surface area (Å²) in [5, 5.41) is 6.01. The van der Waals surface area contributed by atoms with Gasteiger partial charge in [0.15, 0.2) is 5.65 Å². The molecule has 1 N–H and O–H groups in total. The van der Waals surface area contributed by atoms with E-state index in [2.05, 4.69) is 15.4 Å². The smallest absolute Gasteiger partial charge is 0.280 e. The van der Waals surface area contributed by atoms with Crippen molar-refractivity contribution >= 4 is 28.4 Å². The second-order valence-corrected chi connectivity index (χ2v) is 6.16. The molecule has 0 atom stereocenters. The molecule has 9 heteroatoms. The molecule has 0 bridgehead atoms. The van der Waals surface area contributed by atoms with Gasteiger partial charge < -0.3 is 5.32 Å². The number of alkyl halides is 2. The van der Waals surface area contributed by atoms with Crippen LogP contribution in [0.1, 0.15) is 35.3 Å². The summed E-state index contributed by atoms with van der Waals surface area (Å²) < 4.78 is 28.0. The van der Waals surface area contributed by atoms with Gasteiger partial charge >= 0.3 is 0 Å². The van der Waals surface area contributed by atoms with Gasteiger partial charge in [-0.15, -0.1) is 0 Å². The number of amides is 1. The molecular weight excluding hydrogens is 378 g/mol. The third-order valence-electron chi connectivity index (χ3n) is 3.87. The van der Waals surface area contributed by atoms with Gasteiger partial charge in [-0.1, -0.05) is 30.3 Å². The summed E-state index contributed by atoms with van der Waals surface area (Å²) in [6.07, 6.45) is -1.09. The van der Waals surface area contributed by atoms with Crippen molar-refractivity contribution in [2.24, 2.45) is 0 Å². The van der Waals surface area contributed by atoms with E-state index in [9.17, 15) is 18.4 Å². The summed E-state index contributed by atoms with van der Waals surface area (Å²) in [6, 6.07) is 10.1. The average molecular weight is 393 g/mol. The quantitative estimate of drug-likeness (QED) is 0.492. The largest absolute Gasteiger partial charge is 0.352 e. The van der Waals surface area contributed by atoms with Crippen molar-refractivity contribution in [2.45, 2.75) is 19.3 Å². The van der Waals surface area contributed by atoms with E-state index in [1.165, 1.54) is 12.3 Å². The number of nitrogens with zero attached hydrogens (tertiary/aromatic N) is 3. The first-order valence-corrected chi connectivity index (χ1v) is 8.54. The maximum Gasteiger partial charge on any atom is 0.280 e. The molecule has 140 valence electrons. The summed E-state index contributed by atoms with van der Waals surface area (Å²) in [5.41, 5.74) is 0.728. The molecule has 0 radical (unpaired) electrons. The Hall–Kier alpha value is -2.87. The summed E-state index contributed by atoms with van der Waals surface area (Å²) in [6.45, 7) is 0.217. The molecule has 0 aliphatic carbocycles. The van der Waals surface area contributed by atoms with Gasteiger partial charge in [0.2, 0.25) is 5.24 Å². The van der Waals surface area contributed by atoms with Gasteiger partial charge in [0, 0.05) is 18.5 Å². The molecule has 27 heavy (non-hydrogen) atoms. The predicted octanol–water partition coefficient (Wildman–Crippen LogP) is 3.61. The summed E-state index contributed by atoms with van der Waals surface area (Å²) in [5.74, 6) is -0.509. The normalized spacial score (nSPS) is 11.1. The fraction of sp³-hybridized carbons (Fsp3) is 0.222. The van der Waals surface area contributed by atoms with Crippen LogP contribution >= 0.6 is 11.6 Å². The Morgan fingerprint density at radius 2 is 1.96 bits per heavy atom. The van der Waals surface area contributed by atoms with Crippen LogP contribution in [0.4, 0.5) is 8.78 Å². The highest BCUT2D eigenvalue weighted by molar-refractivity contribution is 6.63. The second-order valence-electron chi connectivity index (χ2n) is 5.74. The molecule has 0 unspecified atom stereocenters. The molecule has 2 aromatic heterocycles. The average Bonchev–Trinajstić information content (AvgIpc) is 3.08. The minimum Gasteiger partial charge on any atom is -0.352 e. The van der Waals surface area contributed by atoms with E-state index in [0.29, 0.717) is 17.7 Å². The lowest BCUT2D eigenvalue weighted by atomic mass is 10.1. The first-order chi connectivity index (χ1) is 13.0. The van der Waals surface area contributed by atoms with E-state index < -0.39 is 17.6 Å². The third-order valence-corrected chi connectivity index (χ3v) is 4.06. The van der Waals surface area contributed by atoms with Crippen LogP contribution in [-0.4, -0.2) is 32.3 Å². The molecule has 0 aliphatic rings. The molecule has 0 saturated heterocycles. The molecular formula is C18H15ClF2N4O2. The standard InChI is InChI=1S/C18H15ClF2N4O2/c19-15(26)7-4-8-22-18(27)12-10-23-25-14(16(20)21)9-13(24-17(12)25)11-5-2-1-3-6-11/h1-3,5-6,9-10,16H,4,7-8H2,(H,22,27). The van der Waals surface area contributed by atoms with Crippen molar-refractivity contribution in [1.29, 1.82) is 0 Å². The van der Waals surface area contributed by atoms with Gasteiger partial charge in [-0.2, -0.15) is 5.10 Å². The van der Waals surface area contributed by atoms with Crippen LogP contribution in [0.15, 0.2) is 42.6 Å². The Morgan fingerprint density at radius 3 is 2.63 bits per heavy atom. The number of halogens is 3. The minimum atomic E-state index is -2.79. The molecule has 1 amide bonds. The number of benzene rings is 1. The van der Waals surface area contributed by atoms with E-state index in [4.69, 9.17) is 11.6 Å². The predicted molar refractivity (Wildman–Crippen MR) is 95.8 cm³/mol. The van der Waals surface area contributed by atoms with Crippen molar-refractivity contribution < 1.29 is 18.4 Å². The lowest BCUT2D eigenvalue weighted by Gasteiger charge is -2.08. The van der Waals surface area contributed by atoms with Gasteiger partial charge in [0.25, 0.3) is 12.3 Å². The van der Waals surface area contributed by atoms with Crippen LogP contribution in [0, 0.1) is 0 Å². The highest BCUT2D eigenvalue weighted by Crippen LogP contribution is 2.26. The molecule has 0 aliphatic heterocycles. The fourth-order valence-electron chi connectivity index (χ4n) is 2.58. The zero-order valence-electron chi connectivity index (χ0n) is 14.0. The molecule has 3 rings (SSSR count). The summed E-state index contributed by atoms with van der Waals surface area (Å²) in [4.78, 5) is 27.5. The van der Waals surface area contributed by atoms with E-state index >= 15 is 0 Å². The Bertz CT molecular complexity index is 976. The number of hydrogen-bond acceptors (Lipinski definition) is 4. The van der Waals surface area contributed by atoms with Gasteiger partial charge in [0.1, 0.15) is 11.3 Å². The summed E-state index contributed by atoms with van der Waals surface area (Å²) >= 11 is 5.25. The maximum atomic E-state index is 13.5. The van der Waals surface area contributed by atoms with Crippen LogP contribution in [-0.2, 0) is 4.79 Å². The van der Waals surface area contributed by atoms with Gasteiger partial charge in [-0.3, -0.25) is 9.59 Å². The van der Waals surface area contributed by atoms with Crippen LogP contribution in [0.5, 0.6) is 0 Å². The molecule has 1 aromatic carbocycles. The summed E-state index contributed by atoms with van der Waals surface area (Å²) in [7, 11) is 0. The Morgan fingerprint density at radius 1 is 1.22 bits per heavy atom. The van der Waals surface area contributed by atoms with Crippen LogP contribution in [0.25, 0.3) is 16.9 Å². The Labute approximate surface area is 158 Å². The number of carbonyl (C=O) groups excluding carboxylic acids is 2. The van der Waals surface area contributed by atoms with Crippen LogP contribution in [0.3, 0.4) is 0 Å². The number of fused-ring (bicyclic) bond motifs is 1. The van der Waals surface area contributed by atoms with E-state index in [-0.39, 0.29) is 29.9 Å². The van der Waals surface area contributed by atoms with E-state index in [1.807, 2.05) is 0 Å². The minimum absolute atomic E-state index is 0.0394. The number of hydrogen-bond donors (Lipinski definition) is 1. The number of rotatable bonds is 7. The molecule has 6 nitrogen and oxygen atoms in total. The highest BCUT2D eigenvalue weighted by Gasteiger charge is 2.21. The molecule has 3 aromatic rings. The molecule has 0 fully saturated rings. The first kappa shape index (κ1) is 18.9. The highest BCUT2D eigenvalue weighted by atomic mass is 35.5. The maximum absolute atomic E-state index is 13.5. The lowest BCUT2D eigenvalue weighted by Crippen LogP contribution is -2.24. The van der Waals surface area contributed by atoms with Crippen molar-refractivity contribution in [3.63, 3.8) is 0 Å². The Kier molecular flexibility index (Phi) is 5.75. The monoisotopic (exact) mass is 392 g/mol. The van der Waals surface area contributed by atoms with Gasteiger partial charge in [0.05, 0.1) is 11.9 Å². The zero-order chi connectivity index (χ0) is 19.4. The van der Waals surface area contributed by atoms with Crippen LogP contribution < -0.4 is 5.32 Å². The second kappa shape index (κ2) is 8.22. The van der Waals surface area contributed by atoms with Crippen molar-refractivity contribution in [3.05, 3.63) is 53.9 Å². The SMILES string of the molecule is O=C(Cl)CCCNC(=O)c1cnn2c(C(F)F)cc(-c3ccccc3)nc12. The number of carbonyl (C=O) groups is 2. The third kappa shape index (κ3) is 4.28. The van der Waals surface area contributed by atoms with E-state index in [0.717, 1.165) is 4.52 Å². The van der Waals surface area contributed by atoms with Crippen LogP contribution in [0.2, 0.25) is 0 Å². The molecule has 2 heterocycles. The fourth-order valence-corrected chi connectivity index (χ4v) is 2.72.